The quantitative estimate of drug-likeness (QED) is 0.764. The number of rotatable bonds is 2. The lowest BCUT2D eigenvalue weighted by Crippen LogP contribution is -2.28. The molecule has 4 rings (SSSR count). The SMILES string of the molecule is CC(Cl)c1nc2cc(Cl)ccc2n1C1CCN2CCCC12. The van der Waals surface area contributed by atoms with Crippen LogP contribution in [0.1, 0.15) is 43.4 Å². The largest absolute Gasteiger partial charge is 0.322 e. The third-order valence-electron chi connectivity index (χ3n) is 4.94. The molecule has 0 bridgehead atoms. The predicted octanol–water partition coefficient (Wildman–Crippen LogP) is 4.40. The molecule has 5 heteroatoms. The minimum Gasteiger partial charge on any atom is -0.322 e. The second-order valence-corrected chi connectivity index (χ2v) is 7.28. The first kappa shape index (κ1) is 13.9. The monoisotopic (exact) mass is 323 g/mol. The van der Waals surface area contributed by atoms with Crippen LogP contribution < -0.4 is 0 Å². The zero-order valence-corrected chi connectivity index (χ0v) is 13.6. The van der Waals surface area contributed by atoms with Crippen LogP contribution in [-0.4, -0.2) is 33.6 Å². The molecule has 0 amide bonds. The number of nitrogens with zero attached hydrogens (tertiary/aromatic N) is 3. The van der Waals surface area contributed by atoms with E-state index in [0.29, 0.717) is 12.1 Å². The minimum atomic E-state index is -0.0911. The normalized spacial score (nSPS) is 27.4. The van der Waals surface area contributed by atoms with Gasteiger partial charge in [0.25, 0.3) is 0 Å². The van der Waals surface area contributed by atoms with Gasteiger partial charge in [0.05, 0.1) is 22.5 Å². The molecule has 2 saturated heterocycles. The van der Waals surface area contributed by atoms with Gasteiger partial charge in [0.15, 0.2) is 0 Å². The zero-order chi connectivity index (χ0) is 14.6. The second-order valence-electron chi connectivity index (χ2n) is 6.19. The number of halogens is 2. The molecule has 3 atom stereocenters. The third kappa shape index (κ3) is 2.18. The standard InChI is InChI=1S/C16H19Cl2N3/c1-10(17)16-19-12-9-11(18)4-5-13(12)21(16)15-6-8-20-7-2-3-14(15)20/h4-5,9-10,14-15H,2-3,6-8H2,1H3. The van der Waals surface area contributed by atoms with Crippen LogP contribution in [0.2, 0.25) is 5.02 Å². The summed E-state index contributed by atoms with van der Waals surface area (Å²) in [6, 6.07) is 7.12. The Hall–Kier alpha value is -0.770. The van der Waals surface area contributed by atoms with Crippen molar-refractivity contribution in [3.8, 4) is 0 Å². The fraction of sp³-hybridized carbons (Fsp3) is 0.562. The Morgan fingerprint density at radius 1 is 1.24 bits per heavy atom. The summed E-state index contributed by atoms with van der Waals surface area (Å²) >= 11 is 12.5. The van der Waals surface area contributed by atoms with Gasteiger partial charge >= 0.3 is 0 Å². The topological polar surface area (TPSA) is 21.1 Å². The summed E-state index contributed by atoms with van der Waals surface area (Å²) in [5.74, 6) is 0.979. The molecule has 21 heavy (non-hydrogen) atoms. The van der Waals surface area contributed by atoms with Crippen molar-refractivity contribution in [2.45, 2.75) is 43.6 Å². The number of fused-ring (bicyclic) bond motifs is 2. The van der Waals surface area contributed by atoms with Crippen LogP contribution in [0.3, 0.4) is 0 Å². The van der Waals surface area contributed by atoms with Crippen molar-refractivity contribution < 1.29 is 0 Å². The number of hydrogen-bond donors (Lipinski definition) is 0. The Balaban J connectivity index is 1.88. The average Bonchev–Trinajstić information content (AvgIpc) is 3.10. The van der Waals surface area contributed by atoms with E-state index >= 15 is 0 Å². The molecule has 1 aromatic heterocycles. The van der Waals surface area contributed by atoms with E-state index in [2.05, 4.69) is 15.5 Å². The van der Waals surface area contributed by atoms with E-state index in [1.807, 2.05) is 19.1 Å². The first-order valence-corrected chi connectivity index (χ1v) is 8.52. The van der Waals surface area contributed by atoms with Crippen LogP contribution in [0.25, 0.3) is 11.0 Å². The average molecular weight is 324 g/mol. The van der Waals surface area contributed by atoms with Crippen molar-refractivity contribution in [2.75, 3.05) is 13.1 Å². The van der Waals surface area contributed by atoms with Crippen LogP contribution in [0, 0.1) is 0 Å². The van der Waals surface area contributed by atoms with E-state index in [4.69, 9.17) is 28.2 Å². The highest BCUT2D eigenvalue weighted by molar-refractivity contribution is 6.31. The van der Waals surface area contributed by atoms with Gasteiger partial charge < -0.3 is 4.57 Å². The molecular formula is C16H19Cl2N3. The number of hydrogen-bond acceptors (Lipinski definition) is 2. The number of alkyl halides is 1. The summed E-state index contributed by atoms with van der Waals surface area (Å²) < 4.78 is 2.39. The molecular weight excluding hydrogens is 305 g/mol. The van der Waals surface area contributed by atoms with Crippen LogP contribution in [0.5, 0.6) is 0 Å². The van der Waals surface area contributed by atoms with Gasteiger partial charge in [-0.3, -0.25) is 4.90 Å². The summed E-state index contributed by atoms with van der Waals surface area (Å²) in [5.41, 5.74) is 2.13. The molecule has 2 aromatic rings. The highest BCUT2D eigenvalue weighted by atomic mass is 35.5. The van der Waals surface area contributed by atoms with Gasteiger partial charge in [-0.2, -0.15) is 0 Å². The lowest BCUT2D eigenvalue weighted by molar-refractivity contribution is 0.290. The summed E-state index contributed by atoms with van der Waals surface area (Å²) in [5, 5.41) is 0.640. The lowest BCUT2D eigenvalue weighted by Gasteiger charge is -2.24. The van der Waals surface area contributed by atoms with E-state index in [1.165, 1.54) is 37.9 Å². The summed E-state index contributed by atoms with van der Waals surface area (Å²) in [6.07, 6.45) is 3.79. The van der Waals surface area contributed by atoms with Gasteiger partial charge in [-0.05, 0) is 50.9 Å². The molecule has 0 spiro atoms. The molecule has 3 nitrogen and oxygen atoms in total. The predicted molar refractivity (Wildman–Crippen MR) is 87.3 cm³/mol. The van der Waals surface area contributed by atoms with Gasteiger partial charge in [0, 0.05) is 17.6 Å². The number of imidazole rings is 1. The Labute approximate surface area is 134 Å². The van der Waals surface area contributed by atoms with Crippen molar-refractivity contribution in [3.05, 3.63) is 29.0 Å². The maximum absolute atomic E-state index is 6.41. The third-order valence-corrected chi connectivity index (χ3v) is 5.37. The maximum atomic E-state index is 6.41. The van der Waals surface area contributed by atoms with Gasteiger partial charge in [-0.15, -0.1) is 11.6 Å². The first-order valence-electron chi connectivity index (χ1n) is 7.70. The fourth-order valence-electron chi connectivity index (χ4n) is 4.08. The summed E-state index contributed by atoms with van der Waals surface area (Å²) in [7, 11) is 0. The van der Waals surface area contributed by atoms with Crippen molar-refractivity contribution in [3.63, 3.8) is 0 Å². The van der Waals surface area contributed by atoms with E-state index in [-0.39, 0.29) is 5.38 Å². The van der Waals surface area contributed by atoms with Crippen molar-refractivity contribution in [1.29, 1.82) is 0 Å². The zero-order valence-electron chi connectivity index (χ0n) is 12.1. The summed E-state index contributed by atoms with van der Waals surface area (Å²) in [4.78, 5) is 7.38. The Morgan fingerprint density at radius 3 is 2.90 bits per heavy atom. The highest BCUT2D eigenvalue weighted by Gasteiger charge is 2.39. The summed E-state index contributed by atoms with van der Waals surface area (Å²) in [6.45, 7) is 4.44. The van der Waals surface area contributed by atoms with Crippen molar-refractivity contribution in [2.24, 2.45) is 0 Å². The number of benzene rings is 1. The molecule has 0 N–H and O–H groups in total. The molecule has 1 aromatic carbocycles. The first-order chi connectivity index (χ1) is 10.1. The molecule has 2 aliphatic rings. The van der Waals surface area contributed by atoms with E-state index in [1.54, 1.807) is 0 Å². The molecule has 0 saturated carbocycles. The molecule has 3 heterocycles. The maximum Gasteiger partial charge on any atom is 0.128 e. The van der Waals surface area contributed by atoms with E-state index in [0.717, 1.165) is 16.4 Å². The molecule has 2 aliphatic heterocycles. The van der Waals surface area contributed by atoms with Gasteiger partial charge in [0.1, 0.15) is 5.82 Å². The van der Waals surface area contributed by atoms with Crippen LogP contribution in [0.4, 0.5) is 0 Å². The second kappa shape index (κ2) is 5.15. The van der Waals surface area contributed by atoms with Gasteiger partial charge in [0.2, 0.25) is 0 Å². The van der Waals surface area contributed by atoms with Crippen molar-refractivity contribution in [1.82, 2.24) is 14.5 Å². The minimum absolute atomic E-state index is 0.0911. The molecule has 0 radical (unpaired) electrons. The Kier molecular flexibility index (Phi) is 3.40. The van der Waals surface area contributed by atoms with Crippen LogP contribution in [0.15, 0.2) is 18.2 Å². The molecule has 2 fully saturated rings. The Bertz CT molecular complexity index is 679. The van der Waals surface area contributed by atoms with Crippen LogP contribution >= 0.6 is 23.2 Å². The number of aromatic nitrogens is 2. The molecule has 3 unspecified atom stereocenters. The smallest absolute Gasteiger partial charge is 0.128 e. The van der Waals surface area contributed by atoms with Gasteiger partial charge in [-0.1, -0.05) is 11.6 Å². The van der Waals surface area contributed by atoms with Crippen molar-refractivity contribution >= 4 is 34.2 Å². The van der Waals surface area contributed by atoms with Gasteiger partial charge in [-0.25, -0.2) is 4.98 Å². The molecule has 112 valence electrons. The Morgan fingerprint density at radius 2 is 2.10 bits per heavy atom. The van der Waals surface area contributed by atoms with Crippen LogP contribution in [-0.2, 0) is 0 Å². The fourth-order valence-corrected chi connectivity index (χ4v) is 4.40. The highest BCUT2D eigenvalue weighted by Crippen LogP contribution is 2.40. The van der Waals surface area contributed by atoms with E-state index < -0.39 is 0 Å². The lowest BCUT2D eigenvalue weighted by atomic mass is 10.1. The molecule has 0 aliphatic carbocycles. The van der Waals surface area contributed by atoms with E-state index in [9.17, 15) is 0 Å².